The minimum atomic E-state index is -0.0368. The summed E-state index contributed by atoms with van der Waals surface area (Å²) in [6.07, 6.45) is 2.95. The fourth-order valence-corrected chi connectivity index (χ4v) is 5.12. The van der Waals surface area contributed by atoms with Gasteiger partial charge in [-0.1, -0.05) is 65.7 Å². The number of Topliss-reactive ketones (excluding diaryl/α,β-unsaturated/α-hetero) is 1. The second-order valence-corrected chi connectivity index (χ2v) is 9.97. The van der Waals surface area contributed by atoms with Crippen LogP contribution in [0.15, 0.2) is 66.7 Å². The Labute approximate surface area is 222 Å². The van der Waals surface area contributed by atoms with Crippen molar-refractivity contribution in [2.24, 2.45) is 0 Å². The van der Waals surface area contributed by atoms with E-state index in [4.69, 9.17) is 23.2 Å². The number of amides is 1. The fourth-order valence-electron chi connectivity index (χ4n) is 4.51. The van der Waals surface area contributed by atoms with Crippen molar-refractivity contribution in [1.29, 1.82) is 0 Å². The van der Waals surface area contributed by atoms with Gasteiger partial charge in [0.2, 0.25) is 5.91 Å². The lowest BCUT2D eigenvalue weighted by Crippen LogP contribution is -2.49. The molecular weight excluding hydrogens is 495 g/mol. The van der Waals surface area contributed by atoms with E-state index >= 15 is 0 Å². The van der Waals surface area contributed by atoms with Crippen molar-refractivity contribution in [3.05, 3.63) is 93.5 Å². The first kappa shape index (κ1) is 26.1. The molecule has 1 saturated heterocycles. The zero-order chi connectivity index (χ0) is 25.5. The monoisotopic (exact) mass is 524 g/mol. The van der Waals surface area contributed by atoms with Gasteiger partial charge in [0, 0.05) is 54.8 Å². The molecule has 3 aromatic rings. The number of carbonyl (C=O) groups is 2. The van der Waals surface area contributed by atoms with E-state index in [1.807, 2.05) is 35.2 Å². The fraction of sp³-hybridized carbons (Fsp3) is 0.310. The van der Waals surface area contributed by atoms with Gasteiger partial charge in [-0.25, -0.2) is 0 Å². The van der Waals surface area contributed by atoms with Crippen molar-refractivity contribution < 1.29 is 14.7 Å². The molecule has 0 saturated carbocycles. The Morgan fingerprint density at radius 2 is 1.44 bits per heavy atom. The molecule has 3 aromatic carbocycles. The molecule has 1 heterocycles. The van der Waals surface area contributed by atoms with Crippen LogP contribution in [-0.2, 0) is 28.9 Å². The lowest BCUT2D eigenvalue weighted by atomic mass is 10.0. The summed E-state index contributed by atoms with van der Waals surface area (Å²) in [6, 6.07) is 21.2. The number of phenolic OH excluding ortho intramolecular Hbond substituents is 1. The number of phenols is 1. The summed E-state index contributed by atoms with van der Waals surface area (Å²) in [7, 11) is 0. The number of aryl methyl sites for hydroxylation is 1. The van der Waals surface area contributed by atoms with Crippen LogP contribution in [0.3, 0.4) is 0 Å². The average Bonchev–Trinajstić information content (AvgIpc) is 2.87. The lowest BCUT2D eigenvalue weighted by molar-refractivity contribution is -0.130. The second-order valence-electron chi connectivity index (χ2n) is 9.15. The molecule has 0 atom stereocenters. The molecule has 1 aliphatic rings. The summed E-state index contributed by atoms with van der Waals surface area (Å²) < 4.78 is 0. The molecule has 0 spiro atoms. The molecule has 188 valence electrons. The maximum Gasteiger partial charge on any atom is 0.227 e. The van der Waals surface area contributed by atoms with Gasteiger partial charge in [-0.2, -0.15) is 0 Å². The van der Waals surface area contributed by atoms with E-state index in [1.165, 1.54) is 17.7 Å². The predicted molar refractivity (Wildman–Crippen MR) is 145 cm³/mol. The molecule has 4 rings (SSSR count). The van der Waals surface area contributed by atoms with Gasteiger partial charge in [-0.15, -0.1) is 0 Å². The maximum atomic E-state index is 12.8. The van der Waals surface area contributed by atoms with Crippen LogP contribution in [0.1, 0.15) is 29.5 Å². The number of nitrogens with zero attached hydrogens (tertiary/aromatic N) is 2. The van der Waals surface area contributed by atoms with Crippen LogP contribution in [0.5, 0.6) is 5.75 Å². The van der Waals surface area contributed by atoms with Gasteiger partial charge in [0.1, 0.15) is 11.5 Å². The lowest BCUT2D eigenvalue weighted by Gasteiger charge is -2.36. The number of hydrogen-bond donors (Lipinski definition) is 1. The quantitative estimate of drug-likeness (QED) is 0.388. The molecule has 36 heavy (non-hydrogen) atoms. The topological polar surface area (TPSA) is 60.9 Å². The van der Waals surface area contributed by atoms with Gasteiger partial charge in [0.15, 0.2) is 0 Å². The summed E-state index contributed by atoms with van der Waals surface area (Å²) >= 11 is 12.3. The summed E-state index contributed by atoms with van der Waals surface area (Å²) in [5, 5.41) is 10.2. The molecule has 0 bridgehead atoms. The zero-order valence-electron chi connectivity index (χ0n) is 20.1. The first-order chi connectivity index (χ1) is 17.4. The molecule has 1 amide bonds. The van der Waals surface area contributed by atoms with Gasteiger partial charge in [-0.3, -0.25) is 9.59 Å². The molecule has 0 aliphatic carbocycles. The van der Waals surface area contributed by atoms with Crippen molar-refractivity contribution in [3.63, 3.8) is 0 Å². The second kappa shape index (κ2) is 12.3. The number of benzene rings is 3. The highest BCUT2D eigenvalue weighted by Crippen LogP contribution is 2.30. The van der Waals surface area contributed by atoms with Gasteiger partial charge in [0.25, 0.3) is 0 Å². The Morgan fingerprint density at radius 1 is 0.806 bits per heavy atom. The number of carbonyl (C=O) groups excluding carboxylic acids is 2. The highest BCUT2D eigenvalue weighted by atomic mass is 35.5. The predicted octanol–water partition coefficient (Wildman–Crippen LogP) is 5.72. The van der Waals surface area contributed by atoms with Crippen LogP contribution in [0.25, 0.3) is 0 Å². The van der Waals surface area contributed by atoms with Gasteiger partial charge < -0.3 is 14.9 Å². The Morgan fingerprint density at radius 3 is 2.08 bits per heavy atom. The Hall–Kier alpha value is -3.02. The molecule has 0 aromatic heterocycles. The molecule has 7 heteroatoms. The van der Waals surface area contributed by atoms with E-state index in [1.54, 1.807) is 0 Å². The number of rotatable bonds is 9. The Balaban J connectivity index is 1.22. The summed E-state index contributed by atoms with van der Waals surface area (Å²) in [5.74, 6) is 0.207. The highest BCUT2D eigenvalue weighted by Gasteiger charge is 2.23. The summed E-state index contributed by atoms with van der Waals surface area (Å²) in [6.45, 7) is 2.66. The molecule has 5 nitrogen and oxygen atoms in total. The molecule has 0 unspecified atom stereocenters. The van der Waals surface area contributed by atoms with Crippen LogP contribution in [0, 0.1) is 0 Å². The number of aromatic hydroxyl groups is 1. The van der Waals surface area contributed by atoms with E-state index in [0.29, 0.717) is 41.5 Å². The van der Waals surface area contributed by atoms with Crippen LogP contribution >= 0.6 is 23.2 Å². The van der Waals surface area contributed by atoms with Crippen molar-refractivity contribution in [3.8, 4) is 5.75 Å². The molecular formula is C29H30Cl2N2O3. The van der Waals surface area contributed by atoms with E-state index < -0.39 is 0 Å². The van der Waals surface area contributed by atoms with E-state index in [0.717, 1.165) is 37.2 Å². The van der Waals surface area contributed by atoms with E-state index in [2.05, 4.69) is 29.2 Å². The third kappa shape index (κ3) is 7.02. The largest absolute Gasteiger partial charge is 0.508 e. The smallest absolute Gasteiger partial charge is 0.227 e. The van der Waals surface area contributed by atoms with Crippen LogP contribution in [0.4, 0.5) is 5.69 Å². The minimum Gasteiger partial charge on any atom is -0.508 e. The number of anilines is 1. The Bertz CT molecular complexity index is 1170. The highest BCUT2D eigenvalue weighted by molar-refractivity contribution is 6.36. The molecule has 0 radical (unpaired) electrons. The number of hydrogen-bond acceptors (Lipinski definition) is 4. The van der Waals surface area contributed by atoms with Gasteiger partial charge in [0.05, 0.1) is 6.42 Å². The third-order valence-electron chi connectivity index (χ3n) is 6.55. The number of ketones is 1. The maximum absolute atomic E-state index is 12.8. The van der Waals surface area contributed by atoms with Crippen molar-refractivity contribution in [2.75, 3.05) is 31.1 Å². The van der Waals surface area contributed by atoms with Gasteiger partial charge in [-0.05, 0) is 53.8 Å². The van der Waals surface area contributed by atoms with Crippen LogP contribution in [-0.4, -0.2) is 47.9 Å². The normalized spacial score (nSPS) is 13.6. The van der Waals surface area contributed by atoms with Gasteiger partial charge >= 0.3 is 0 Å². The minimum absolute atomic E-state index is 0.0201. The SMILES string of the molecule is O=C(CCCc1ccccc1)Cc1ccc(N2CCN(C(=O)Cc3c(Cl)cc(O)cc3Cl)CC2)cc1. The first-order valence-corrected chi connectivity index (χ1v) is 13.0. The van der Waals surface area contributed by atoms with Crippen molar-refractivity contribution >= 4 is 40.6 Å². The zero-order valence-corrected chi connectivity index (χ0v) is 21.6. The standard InChI is InChI=1S/C29H30Cl2N2O3/c30-27-18-25(35)19-28(31)26(27)20-29(36)33-15-13-32(14-16-33)23-11-9-22(10-12-23)17-24(34)8-4-7-21-5-2-1-3-6-21/h1-3,5-6,9-12,18-19,35H,4,7-8,13-17,20H2. The van der Waals surface area contributed by atoms with Crippen LogP contribution in [0.2, 0.25) is 10.0 Å². The third-order valence-corrected chi connectivity index (χ3v) is 7.23. The van der Waals surface area contributed by atoms with Crippen LogP contribution < -0.4 is 4.90 Å². The first-order valence-electron chi connectivity index (χ1n) is 12.2. The molecule has 1 N–H and O–H groups in total. The number of piperazine rings is 1. The average molecular weight is 525 g/mol. The molecule has 1 fully saturated rings. The van der Waals surface area contributed by atoms with E-state index in [-0.39, 0.29) is 23.9 Å². The summed E-state index contributed by atoms with van der Waals surface area (Å²) in [4.78, 5) is 29.3. The van der Waals surface area contributed by atoms with Crippen molar-refractivity contribution in [2.45, 2.75) is 32.1 Å². The Kier molecular flexibility index (Phi) is 8.89. The van der Waals surface area contributed by atoms with Crippen molar-refractivity contribution in [1.82, 2.24) is 4.90 Å². The summed E-state index contributed by atoms with van der Waals surface area (Å²) in [5.41, 5.74) is 3.92. The number of halogens is 2. The molecule has 1 aliphatic heterocycles. The van der Waals surface area contributed by atoms with E-state index in [9.17, 15) is 14.7 Å².